The largest absolute Gasteiger partial charge is 0.333 e. The van der Waals surface area contributed by atoms with Crippen LogP contribution in [0.1, 0.15) is 36.8 Å². The summed E-state index contributed by atoms with van der Waals surface area (Å²) < 4.78 is 30.1. The highest BCUT2D eigenvalue weighted by Crippen LogP contribution is 2.33. The van der Waals surface area contributed by atoms with Crippen molar-refractivity contribution in [2.45, 2.75) is 32.2 Å². The number of hydrogen-bond acceptors (Lipinski definition) is 5. The Hall–Kier alpha value is -1.84. The molecule has 0 radical (unpaired) electrons. The lowest BCUT2D eigenvalue weighted by Gasteiger charge is -2.35. The molecular weight excluding hydrogens is 340 g/mol. The fraction of sp³-hybridized carbons (Fsp3) is 0.562. The Morgan fingerprint density at radius 3 is 2.64 bits per heavy atom. The zero-order chi connectivity index (χ0) is 18.2. The van der Waals surface area contributed by atoms with Gasteiger partial charge in [0.25, 0.3) is 10.2 Å². The molecule has 1 atom stereocenters. The number of rotatable bonds is 4. The molecule has 0 spiro atoms. The van der Waals surface area contributed by atoms with E-state index in [1.54, 1.807) is 24.6 Å². The van der Waals surface area contributed by atoms with Crippen LogP contribution in [-0.2, 0) is 17.3 Å². The first-order chi connectivity index (χ1) is 11.8. The second-order valence-electron chi connectivity index (χ2n) is 6.50. The molecule has 0 N–H and O–H groups in total. The molecule has 1 fully saturated rings. The topological polar surface area (TPSA) is 84.2 Å². The second-order valence-corrected chi connectivity index (χ2v) is 8.59. The van der Waals surface area contributed by atoms with Crippen LogP contribution in [-0.4, -0.2) is 57.2 Å². The predicted molar refractivity (Wildman–Crippen MR) is 94.9 cm³/mol. The summed E-state index contributed by atoms with van der Waals surface area (Å²) in [5.74, 6) is 1.35. The standard InChI is InChI=1S/C16H24N6O2S/c1-12-18-13(11-14(19-12)16-17-8-10-21(16)4)15-7-5-6-9-22(15)25(23,24)20(2)3/h8,10-11,15H,5-7,9H2,1-4H3/t15-/m0/s1. The lowest BCUT2D eigenvalue weighted by atomic mass is 10.0. The smallest absolute Gasteiger partial charge is 0.282 e. The fourth-order valence-corrected chi connectivity index (χ4v) is 4.49. The van der Waals surface area contributed by atoms with E-state index in [-0.39, 0.29) is 6.04 Å². The maximum absolute atomic E-state index is 12.7. The van der Waals surface area contributed by atoms with Crippen molar-refractivity contribution in [3.8, 4) is 11.5 Å². The van der Waals surface area contributed by atoms with Gasteiger partial charge in [-0.25, -0.2) is 15.0 Å². The van der Waals surface area contributed by atoms with Crippen molar-refractivity contribution in [1.82, 2.24) is 28.1 Å². The highest BCUT2D eigenvalue weighted by molar-refractivity contribution is 7.86. The third-order valence-electron chi connectivity index (χ3n) is 4.46. The molecule has 0 amide bonds. The van der Waals surface area contributed by atoms with E-state index in [9.17, 15) is 8.42 Å². The van der Waals surface area contributed by atoms with Gasteiger partial charge in [0.15, 0.2) is 5.82 Å². The van der Waals surface area contributed by atoms with Gasteiger partial charge in [-0.2, -0.15) is 17.0 Å². The normalized spacial score (nSPS) is 19.5. The SMILES string of the molecule is Cc1nc(-c2nccn2C)cc([C@@H]2CCCCN2S(=O)(=O)N(C)C)n1. The van der Waals surface area contributed by atoms with E-state index in [0.717, 1.165) is 30.8 Å². The molecule has 1 aliphatic heterocycles. The van der Waals surface area contributed by atoms with Gasteiger partial charge in [0.05, 0.1) is 11.7 Å². The van der Waals surface area contributed by atoms with E-state index in [4.69, 9.17) is 0 Å². The number of imidazole rings is 1. The Labute approximate surface area is 148 Å². The Kier molecular flexibility index (Phi) is 4.90. The van der Waals surface area contributed by atoms with Crippen LogP contribution in [0.4, 0.5) is 0 Å². The molecule has 0 aromatic carbocycles. The zero-order valence-corrected chi connectivity index (χ0v) is 15.9. The van der Waals surface area contributed by atoms with Crippen LogP contribution in [0.3, 0.4) is 0 Å². The molecule has 8 nitrogen and oxygen atoms in total. The highest BCUT2D eigenvalue weighted by atomic mass is 32.2. The van der Waals surface area contributed by atoms with Gasteiger partial charge in [-0.05, 0) is 25.8 Å². The van der Waals surface area contributed by atoms with Crippen LogP contribution in [0.5, 0.6) is 0 Å². The maximum atomic E-state index is 12.7. The average Bonchev–Trinajstić information content (AvgIpc) is 3.00. The maximum Gasteiger partial charge on any atom is 0.282 e. The van der Waals surface area contributed by atoms with Gasteiger partial charge in [-0.15, -0.1) is 0 Å². The Morgan fingerprint density at radius 1 is 1.24 bits per heavy atom. The first kappa shape index (κ1) is 18.0. The fourth-order valence-electron chi connectivity index (χ4n) is 3.17. The van der Waals surface area contributed by atoms with Gasteiger partial charge in [-0.1, -0.05) is 6.42 Å². The summed E-state index contributed by atoms with van der Waals surface area (Å²) in [6.07, 6.45) is 6.17. The number of nitrogens with zero attached hydrogens (tertiary/aromatic N) is 6. The van der Waals surface area contributed by atoms with Gasteiger partial charge >= 0.3 is 0 Å². The summed E-state index contributed by atoms with van der Waals surface area (Å²) in [4.78, 5) is 13.4. The van der Waals surface area contributed by atoms with Crippen LogP contribution in [0, 0.1) is 6.92 Å². The van der Waals surface area contributed by atoms with E-state index < -0.39 is 10.2 Å². The van der Waals surface area contributed by atoms with Crippen molar-refractivity contribution in [2.24, 2.45) is 7.05 Å². The summed E-state index contributed by atoms with van der Waals surface area (Å²) in [5.41, 5.74) is 1.44. The van der Waals surface area contributed by atoms with Crippen LogP contribution < -0.4 is 0 Å². The second kappa shape index (κ2) is 6.81. The molecule has 0 saturated carbocycles. The number of aryl methyl sites for hydroxylation is 2. The third-order valence-corrected chi connectivity index (χ3v) is 6.41. The average molecular weight is 364 g/mol. The zero-order valence-electron chi connectivity index (χ0n) is 15.0. The van der Waals surface area contributed by atoms with E-state index in [2.05, 4.69) is 15.0 Å². The first-order valence-corrected chi connectivity index (χ1v) is 9.73. The number of hydrogen-bond donors (Lipinski definition) is 0. The molecule has 136 valence electrons. The monoisotopic (exact) mass is 364 g/mol. The van der Waals surface area contributed by atoms with Crippen molar-refractivity contribution in [3.63, 3.8) is 0 Å². The van der Waals surface area contributed by atoms with Gasteiger partial charge in [0.1, 0.15) is 11.5 Å². The Morgan fingerprint density at radius 2 is 2.00 bits per heavy atom. The minimum Gasteiger partial charge on any atom is -0.333 e. The van der Waals surface area contributed by atoms with Crippen molar-refractivity contribution < 1.29 is 8.42 Å². The van der Waals surface area contributed by atoms with Crippen molar-refractivity contribution >= 4 is 10.2 Å². The molecule has 2 aromatic heterocycles. The van der Waals surface area contributed by atoms with E-state index in [0.29, 0.717) is 18.1 Å². The summed E-state index contributed by atoms with van der Waals surface area (Å²) in [5, 5.41) is 0. The highest BCUT2D eigenvalue weighted by Gasteiger charge is 2.35. The molecule has 0 bridgehead atoms. The van der Waals surface area contributed by atoms with Gasteiger partial charge in [0.2, 0.25) is 0 Å². The van der Waals surface area contributed by atoms with Crippen LogP contribution in [0.25, 0.3) is 11.5 Å². The van der Waals surface area contributed by atoms with Gasteiger partial charge in [-0.3, -0.25) is 0 Å². The molecule has 3 rings (SSSR count). The molecule has 2 aromatic rings. The minimum atomic E-state index is -3.50. The number of aromatic nitrogens is 4. The molecule has 3 heterocycles. The quantitative estimate of drug-likeness (QED) is 0.821. The van der Waals surface area contributed by atoms with Crippen LogP contribution >= 0.6 is 0 Å². The predicted octanol–water partition coefficient (Wildman–Crippen LogP) is 1.52. The summed E-state index contributed by atoms with van der Waals surface area (Å²) in [6.45, 7) is 2.33. The van der Waals surface area contributed by atoms with E-state index in [1.807, 2.05) is 30.8 Å². The molecule has 1 saturated heterocycles. The number of piperidine rings is 1. The summed E-state index contributed by atoms with van der Waals surface area (Å²) in [6, 6.07) is 1.59. The van der Waals surface area contributed by atoms with Crippen molar-refractivity contribution in [1.29, 1.82) is 0 Å². The molecule has 1 aliphatic rings. The molecular formula is C16H24N6O2S. The molecule has 25 heavy (non-hydrogen) atoms. The summed E-state index contributed by atoms with van der Waals surface area (Å²) >= 11 is 0. The van der Waals surface area contributed by atoms with Gasteiger partial charge < -0.3 is 4.57 Å². The third kappa shape index (κ3) is 3.44. The first-order valence-electron chi connectivity index (χ1n) is 8.33. The lowest BCUT2D eigenvalue weighted by molar-refractivity contribution is 0.238. The Balaban J connectivity index is 2.05. The van der Waals surface area contributed by atoms with Crippen molar-refractivity contribution in [2.75, 3.05) is 20.6 Å². The minimum absolute atomic E-state index is 0.276. The molecule has 0 aliphatic carbocycles. The van der Waals surface area contributed by atoms with Crippen molar-refractivity contribution in [3.05, 3.63) is 30.0 Å². The Bertz CT molecular complexity index is 861. The van der Waals surface area contributed by atoms with E-state index in [1.165, 1.54) is 4.31 Å². The summed E-state index contributed by atoms with van der Waals surface area (Å²) in [7, 11) is 1.53. The lowest BCUT2D eigenvalue weighted by Crippen LogP contribution is -2.44. The molecule has 0 unspecified atom stereocenters. The van der Waals surface area contributed by atoms with Crippen LogP contribution in [0.15, 0.2) is 18.5 Å². The molecule has 9 heteroatoms. The van der Waals surface area contributed by atoms with Crippen LogP contribution in [0.2, 0.25) is 0 Å². The van der Waals surface area contributed by atoms with Gasteiger partial charge in [0, 0.05) is 40.1 Å². The van der Waals surface area contributed by atoms with E-state index >= 15 is 0 Å².